The normalized spacial score (nSPS) is 9.92. The number of amides is 1. The smallest absolute Gasteiger partial charge is 0.292 e. The average molecular weight is 184 g/mol. The Labute approximate surface area is 75.3 Å². The van der Waals surface area contributed by atoms with Crippen LogP contribution >= 0.6 is 0 Å². The van der Waals surface area contributed by atoms with Gasteiger partial charge < -0.3 is 10.6 Å². The molecule has 7 heteroatoms. The van der Waals surface area contributed by atoms with Gasteiger partial charge in [-0.25, -0.2) is 0 Å². The highest BCUT2D eigenvalue weighted by atomic mass is 16.2. The first kappa shape index (κ1) is 9.59. The SMILES string of the molecule is CCNCCNC(=O)c1nn[nH]n1. The zero-order valence-corrected chi connectivity index (χ0v) is 7.37. The van der Waals surface area contributed by atoms with E-state index in [2.05, 4.69) is 31.3 Å². The third-order valence-electron chi connectivity index (χ3n) is 1.39. The maximum atomic E-state index is 11.1. The van der Waals surface area contributed by atoms with Crippen molar-refractivity contribution in [2.45, 2.75) is 6.92 Å². The number of likely N-dealkylation sites (N-methyl/N-ethyl adjacent to an activating group) is 1. The Bertz CT molecular complexity index is 246. The van der Waals surface area contributed by atoms with Crippen LogP contribution in [0.5, 0.6) is 0 Å². The molecule has 1 rings (SSSR count). The summed E-state index contributed by atoms with van der Waals surface area (Å²) in [7, 11) is 0. The summed E-state index contributed by atoms with van der Waals surface area (Å²) < 4.78 is 0. The first-order valence-corrected chi connectivity index (χ1v) is 4.07. The molecule has 0 radical (unpaired) electrons. The summed E-state index contributed by atoms with van der Waals surface area (Å²) >= 11 is 0. The molecule has 0 unspecified atom stereocenters. The second-order valence-corrected chi connectivity index (χ2v) is 2.34. The Hall–Kier alpha value is -1.50. The Balaban J connectivity index is 2.19. The largest absolute Gasteiger partial charge is 0.348 e. The number of nitrogens with one attached hydrogen (secondary N) is 3. The lowest BCUT2D eigenvalue weighted by molar-refractivity contribution is 0.0943. The average Bonchev–Trinajstić information content (AvgIpc) is 2.65. The minimum absolute atomic E-state index is 0.0662. The van der Waals surface area contributed by atoms with Crippen LogP contribution in [0.1, 0.15) is 17.5 Å². The van der Waals surface area contributed by atoms with E-state index in [0.29, 0.717) is 6.54 Å². The van der Waals surface area contributed by atoms with Crippen molar-refractivity contribution in [3.05, 3.63) is 5.82 Å². The molecule has 0 aliphatic carbocycles. The van der Waals surface area contributed by atoms with Gasteiger partial charge in [0.2, 0.25) is 0 Å². The molecule has 0 fully saturated rings. The number of aromatic amines is 1. The molecular weight excluding hydrogens is 172 g/mol. The van der Waals surface area contributed by atoms with E-state index in [1.807, 2.05) is 6.92 Å². The van der Waals surface area contributed by atoms with Crippen LogP contribution in [0.3, 0.4) is 0 Å². The molecule has 0 aliphatic heterocycles. The van der Waals surface area contributed by atoms with Crippen molar-refractivity contribution in [1.82, 2.24) is 31.3 Å². The summed E-state index contributed by atoms with van der Waals surface area (Å²) in [5.74, 6) is -0.247. The highest BCUT2D eigenvalue weighted by Gasteiger charge is 2.08. The van der Waals surface area contributed by atoms with Gasteiger partial charge in [0, 0.05) is 13.1 Å². The van der Waals surface area contributed by atoms with E-state index in [4.69, 9.17) is 0 Å². The number of carbonyl (C=O) groups is 1. The number of hydrogen-bond acceptors (Lipinski definition) is 5. The highest BCUT2D eigenvalue weighted by molar-refractivity contribution is 5.89. The molecule has 72 valence electrons. The van der Waals surface area contributed by atoms with Gasteiger partial charge in [-0.15, -0.1) is 10.2 Å². The molecule has 0 saturated carbocycles. The summed E-state index contributed by atoms with van der Waals surface area (Å²) in [6.07, 6.45) is 0. The lowest BCUT2D eigenvalue weighted by Crippen LogP contribution is -2.32. The molecule has 13 heavy (non-hydrogen) atoms. The molecule has 1 aromatic rings. The third kappa shape index (κ3) is 3.16. The van der Waals surface area contributed by atoms with E-state index in [0.717, 1.165) is 13.1 Å². The molecular formula is C6H12N6O. The molecule has 0 spiro atoms. The van der Waals surface area contributed by atoms with E-state index in [9.17, 15) is 4.79 Å². The van der Waals surface area contributed by atoms with Gasteiger partial charge in [-0.3, -0.25) is 4.79 Å². The highest BCUT2D eigenvalue weighted by Crippen LogP contribution is 1.80. The van der Waals surface area contributed by atoms with Gasteiger partial charge in [-0.05, 0) is 11.8 Å². The predicted octanol–water partition coefficient (Wildman–Crippen LogP) is -1.46. The van der Waals surface area contributed by atoms with Crippen molar-refractivity contribution in [1.29, 1.82) is 0 Å². The maximum absolute atomic E-state index is 11.1. The number of aromatic nitrogens is 4. The number of carbonyl (C=O) groups excluding carboxylic acids is 1. The van der Waals surface area contributed by atoms with Gasteiger partial charge in [0.25, 0.3) is 11.7 Å². The first-order chi connectivity index (χ1) is 6.34. The molecule has 1 aromatic heterocycles. The van der Waals surface area contributed by atoms with Crippen molar-refractivity contribution in [2.75, 3.05) is 19.6 Å². The Morgan fingerprint density at radius 1 is 1.54 bits per heavy atom. The zero-order valence-electron chi connectivity index (χ0n) is 7.37. The lowest BCUT2D eigenvalue weighted by Gasteiger charge is -2.01. The molecule has 3 N–H and O–H groups in total. The summed E-state index contributed by atoms with van der Waals surface area (Å²) in [4.78, 5) is 11.1. The number of nitrogens with zero attached hydrogens (tertiary/aromatic N) is 3. The number of H-pyrrole nitrogens is 1. The molecule has 1 amide bonds. The Morgan fingerprint density at radius 3 is 3.00 bits per heavy atom. The fraction of sp³-hybridized carbons (Fsp3) is 0.667. The zero-order chi connectivity index (χ0) is 9.52. The molecule has 7 nitrogen and oxygen atoms in total. The fourth-order valence-corrected chi connectivity index (χ4v) is 0.778. The van der Waals surface area contributed by atoms with Crippen LogP contribution in [-0.2, 0) is 0 Å². The van der Waals surface area contributed by atoms with Crippen LogP contribution in [0, 0.1) is 0 Å². The van der Waals surface area contributed by atoms with Crippen molar-refractivity contribution < 1.29 is 4.79 Å². The van der Waals surface area contributed by atoms with Crippen molar-refractivity contribution >= 4 is 5.91 Å². The van der Waals surface area contributed by atoms with Crippen LogP contribution in [0.2, 0.25) is 0 Å². The quantitative estimate of drug-likeness (QED) is 0.486. The minimum Gasteiger partial charge on any atom is -0.348 e. The maximum Gasteiger partial charge on any atom is 0.292 e. The van der Waals surface area contributed by atoms with Gasteiger partial charge in [0.15, 0.2) is 0 Å². The second kappa shape index (κ2) is 5.20. The van der Waals surface area contributed by atoms with E-state index in [1.165, 1.54) is 0 Å². The van der Waals surface area contributed by atoms with E-state index < -0.39 is 0 Å². The van der Waals surface area contributed by atoms with Gasteiger partial charge in [-0.2, -0.15) is 5.21 Å². The van der Waals surface area contributed by atoms with Gasteiger partial charge >= 0.3 is 0 Å². The van der Waals surface area contributed by atoms with Crippen molar-refractivity contribution in [3.8, 4) is 0 Å². The fourth-order valence-electron chi connectivity index (χ4n) is 0.778. The predicted molar refractivity (Wildman–Crippen MR) is 45.1 cm³/mol. The monoisotopic (exact) mass is 184 g/mol. The molecule has 0 bridgehead atoms. The molecule has 0 atom stereocenters. The van der Waals surface area contributed by atoms with Crippen LogP contribution in [0.4, 0.5) is 0 Å². The van der Waals surface area contributed by atoms with Crippen LogP contribution in [0.25, 0.3) is 0 Å². The third-order valence-corrected chi connectivity index (χ3v) is 1.39. The van der Waals surface area contributed by atoms with Gasteiger partial charge in [-0.1, -0.05) is 6.92 Å². The Morgan fingerprint density at radius 2 is 2.38 bits per heavy atom. The van der Waals surface area contributed by atoms with Crippen molar-refractivity contribution in [2.24, 2.45) is 0 Å². The molecule has 1 heterocycles. The second-order valence-electron chi connectivity index (χ2n) is 2.34. The van der Waals surface area contributed by atoms with Gasteiger partial charge in [0.05, 0.1) is 0 Å². The summed E-state index contributed by atoms with van der Waals surface area (Å²) in [6.45, 7) is 4.18. The lowest BCUT2D eigenvalue weighted by atomic mass is 10.5. The summed E-state index contributed by atoms with van der Waals surface area (Å²) in [6, 6.07) is 0. The van der Waals surface area contributed by atoms with E-state index in [1.54, 1.807) is 0 Å². The number of tetrazole rings is 1. The van der Waals surface area contributed by atoms with Gasteiger partial charge in [0.1, 0.15) is 0 Å². The molecule has 0 saturated heterocycles. The minimum atomic E-state index is -0.313. The summed E-state index contributed by atoms with van der Waals surface area (Å²) in [5, 5.41) is 18.3. The van der Waals surface area contributed by atoms with Crippen molar-refractivity contribution in [3.63, 3.8) is 0 Å². The standard InChI is InChI=1S/C6H12N6O/c1-2-7-3-4-8-6(13)5-9-11-12-10-5/h7H,2-4H2,1H3,(H,8,13)(H,9,10,11,12). The van der Waals surface area contributed by atoms with E-state index >= 15 is 0 Å². The van der Waals surface area contributed by atoms with Crippen LogP contribution < -0.4 is 10.6 Å². The molecule has 0 aliphatic rings. The van der Waals surface area contributed by atoms with E-state index in [-0.39, 0.29) is 11.7 Å². The first-order valence-electron chi connectivity index (χ1n) is 4.07. The molecule has 0 aromatic carbocycles. The van der Waals surface area contributed by atoms with Crippen LogP contribution in [0.15, 0.2) is 0 Å². The number of hydrogen-bond donors (Lipinski definition) is 3. The topological polar surface area (TPSA) is 95.6 Å². The van der Waals surface area contributed by atoms with Crippen LogP contribution in [-0.4, -0.2) is 46.2 Å². The Kier molecular flexibility index (Phi) is 3.83. The number of rotatable bonds is 5. The summed E-state index contributed by atoms with van der Waals surface area (Å²) in [5.41, 5.74) is 0.